The van der Waals surface area contributed by atoms with E-state index in [2.05, 4.69) is 10.2 Å². The molecule has 128 valence electrons. The van der Waals surface area contributed by atoms with Crippen molar-refractivity contribution in [3.05, 3.63) is 39.7 Å². The van der Waals surface area contributed by atoms with Crippen LogP contribution in [0.3, 0.4) is 0 Å². The van der Waals surface area contributed by atoms with E-state index in [9.17, 15) is 22.4 Å². The van der Waals surface area contributed by atoms with E-state index >= 15 is 0 Å². The minimum atomic E-state index is -2.05. The molecule has 0 atom stereocenters. The monoisotopic (exact) mass is 360 g/mol. The maximum atomic E-state index is 13.9. The molecule has 1 saturated heterocycles. The van der Waals surface area contributed by atoms with Gasteiger partial charge in [0.2, 0.25) is 10.7 Å². The minimum Gasteiger partial charge on any atom is -0.341 e. The molecule has 0 amide bonds. The molecule has 24 heavy (non-hydrogen) atoms. The Morgan fingerprint density at radius 3 is 2.42 bits per heavy atom. The van der Waals surface area contributed by atoms with Crippen LogP contribution in [0.5, 0.6) is 0 Å². The number of carbonyl (C=O) groups is 1. The van der Waals surface area contributed by atoms with E-state index in [1.807, 2.05) is 0 Å². The average molecular weight is 360 g/mol. The molecule has 0 radical (unpaired) electrons. The minimum absolute atomic E-state index is 0.134. The van der Waals surface area contributed by atoms with Crippen molar-refractivity contribution < 1.29 is 22.4 Å². The highest BCUT2D eigenvalue weighted by Crippen LogP contribution is 2.23. The molecule has 3 rings (SSSR count). The van der Waals surface area contributed by atoms with Crippen LogP contribution in [0.25, 0.3) is 0 Å². The number of benzene rings is 1. The summed E-state index contributed by atoms with van der Waals surface area (Å²) in [7, 11) is 0. The molecule has 0 saturated carbocycles. The van der Waals surface area contributed by atoms with Crippen LogP contribution in [0, 0.1) is 28.0 Å². The number of nitrogens with one attached hydrogen (secondary N) is 1. The Balaban J connectivity index is 2.09. The topological polar surface area (TPSA) is 53.9 Å². The van der Waals surface area contributed by atoms with Gasteiger partial charge in [-0.05, 0) is 37.5 Å². The largest absolute Gasteiger partial charge is 0.341 e. The Morgan fingerprint density at radius 1 is 1.08 bits per heavy atom. The highest BCUT2D eigenvalue weighted by Gasteiger charge is 2.28. The van der Waals surface area contributed by atoms with Gasteiger partial charge in [0.15, 0.2) is 23.3 Å². The van der Waals surface area contributed by atoms with Crippen molar-refractivity contribution in [1.29, 1.82) is 0 Å². The van der Waals surface area contributed by atoms with Crippen LogP contribution in [-0.2, 0) is 0 Å². The van der Waals surface area contributed by atoms with E-state index < -0.39 is 34.7 Å². The van der Waals surface area contributed by atoms with Crippen LogP contribution in [0.2, 0.25) is 0 Å². The number of anilines is 1. The normalized spacial score (nSPS) is 14.9. The molecule has 1 aliphatic rings. The summed E-state index contributed by atoms with van der Waals surface area (Å²) in [6.07, 6.45) is 2.78. The Morgan fingerprint density at radius 2 is 1.75 bits per heavy atom. The predicted octanol–water partition coefficient (Wildman–Crippen LogP) is 3.18. The third-order valence-corrected chi connectivity index (χ3v) is 4.10. The average Bonchev–Trinajstić information content (AvgIpc) is 2.98. The first-order valence-electron chi connectivity index (χ1n) is 7.22. The summed E-state index contributed by atoms with van der Waals surface area (Å²) in [6.45, 7) is 1.23. The lowest BCUT2D eigenvalue weighted by Crippen LogP contribution is -2.33. The number of H-pyrrole nitrogens is 1. The molecule has 10 heteroatoms. The molecule has 2 aromatic rings. The van der Waals surface area contributed by atoms with E-state index in [-0.39, 0.29) is 10.7 Å². The lowest BCUT2D eigenvalue weighted by Gasteiger charge is -2.27. The summed E-state index contributed by atoms with van der Waals surface area (Å²) < 4.78 is 54.4. The van der Waals surface area contributed by atoms with Crippen molar-refractivity contribution in [2.75, 3.05) is 18.0 Å². The van der Waals surface area contributed by atoms with Crippen molar-refractivity contribution in [2.24, 2.45) is 0 Å². The molecule has 0 aliphatic carbocycles. The maximum Gasteiger partial charge on any atom is 0.270 e. The standard InChI is InChI=1S/C14H12F4N4OS/c15-8-6-7(9(16)11(18)10(8)17)12(23)22-13(19-20-14(22)24)21-4-2-1-3-5-21/h6H,1-5H2,(H,20,24). The summed E-state index contributed by atoms with van der Waals surface area (Å²) in [5.74, 6) is -8.44. The number of hydrogen-bond acceptors (Lipinski definition) is 4. The number of piperidine rings is 1. The number of carbonyl (C=O) groups excluding carboxylic acids is 1. The highest BCUT2D eigenvalue weighted by molar-refractivity contribution is 7.71. The SMILES string of the molecule is O=C(c1cc(F)c(F)c(F)c1F)n1c(N2CCCCC2)n[nH]c1=S. The third kappa shape index (κ3) is 2.70. The van der Waals surface area contributed by atoms with Gasteiger partial charge in [-0.2, -0.15) is 0 Å². The lowest BCUT2D eigenvalue weighted by molar-refractivity contribution is 0.0953. The summed E-state index contributed by atoms with van der Waals surface area (Å²) in [6, 6.07) is 0.310. The van der Waals surface area contributed by atoms with Crippen molar-refractivity contribution >= 4 is 24.1 Å². The number of hydrogen-bond donors (Lipinski definition) is 1. The Kier molecular flexibility index (Phi) is 4.39. The van der Waals surface area contributed by atoms with Crippen molar-refractivity contribution in [2.45, 2.75) is 19.3 Å². The van der Waals surface area contributed by atoms with Crippen LogP contribution in [0.1, 0.15) is 29.6 Å². The number of rotatable bonds is 2. The lowest BCUT2D eigenvalue weighted by atomic mass is 10.1. The molecule has 1 aromatic heterocycles. The van der Waals surface area contributed by atoms with Crippen LogP contribution >= 0.6 is 12.2 Å². The molecule has 0 spiro atoms. The van der Waals surface area contributed by atoms with Gasteiger partial charge in [-0.1, -0.05) is 0 Å². The van der Waals surface area contributed by atoms with Gasteiger partial charge in [-0.3, -0.25) is 4.79 Å². The van der Waals surface area contributed by atoms with E-state index in [1.165, 1.54) is 0 Å². The zero-order chi connectivity index (χ0) is 17.4. The van der Waals surface area contributed by atoms with Crippen LogP contribution in [-0.4, -0.2) is 33.8 Å². The van der Waals surface area contributed by atoms with Gasteiger partial charge in [0, 0.05) is 13.1 Å². The van der Waals surface area contributed by atoms with Gasteiger partial charge in [0.25, 0.3) is 5.91 Å². The number of aromatic amines is 1. The van der Waals surface area contributed by atoms with E-state index in [0.29, 0.717) is 19.2 Å². The quantitative estimate of drug-likeness (QED) is 0.387. The summed E-state index contributed by atoms with van der Waals surface area (Å²) in [5, 5.41) is 6.36. The molecule has 1 aliphatic heterocycles. The fourth-order valence-corrected chi connectivity index (χ4v) is 2.84. The molecular weight excluding hydrogens is 348 g/mol. The second-order valence-electron chi connectivity index (χ2n) is 5.36. The Bertz CT molecular complexity index is 857. The van der Waals surface area contributed by atoms with E-state index in [0.717, 1.165) is 23.8 Å². The first kappa shape index (κ1) is 16.6. The second-order valence-corrected chi connectivity index (χ2v) is 5.75. The number of nitrogens with zero attached hydrogens (tertiary/aromatic N) is 3. The number of halogens is 4. The van der Waals surface area contributed by atoms with Gasteiger partial charge in [0.1, 0.15) is 0 Å². The Hall–Kier alpha value is -2.23. The molecule has 1 N–H and O–H groups in total. The predicted molar refractivity (Wildman–Crippen MR) is 79.5 cm³/mol. The fourth-order valence-electron chi connectivity index (χ4n) is 2.63. The highest BCUT2D eigenvalue weighted by atomic mass is 32.1. The van der Waals surface area contributed by atoms with Gasteiger partial charge < -0.3 is 4.90 Å². The third-order valence-electron chi connectivity index (χ3n) is 3.83. The smallest absolute Gasteiger partial charge is 0.270 e. The van der Waals surface area contributed by atoms with Crippen LogP contribution in [0.15, 0.2) is 6.07 Å². The van der Waals surface area contributed by atoms with Crippen molar-refractivity contribution in [3.63, 3.8) is 0 Å². The molecule has 1 aromatic carbocycles. The first-order valence-corrected chi connectivity index (χ1v) is 7.62. The molecule has 5 nitrogen and oxygen atoms in total. The molecule has 0 bridgehead atoms. The second kappa shape index (κ2) is 6.34. The maximum absolute atomic E-state index is 13.9. The zero-order valence-electron chi connectivity index (χ0n) is 12.3. The molecular formula is C14H12F4N4OS. The number of aromatic nitrogens is 3. The molecule has 2 heterocycles. The summed E-state index contributed by atoms with van der Waals surface area (Å²) in [4.78, 5) is 14.3. The zero-order valence-corrected chi connectivity index (χ0v) is 13.1. The van der Waals surface area contributed by atoms with E-state index in [4.69, 9.17) is 12.2 Å². The van der Waals surface area contributed by atoms with Crippen LogP contribution < -0.4 is 4.90 Å². The van der Waals surface area contributed by atoms with Gasteiger partial charge in [0.05, 0.1) is 5.56 Å². The summed E-state index contributed by atoms with van der Waals surface area (Å²) >= 11 is 4.97. The van der Waals surface area contributed by atoms with Gasteiger partial charge >= 0.3 is 0 Å². The van der Waals surface area contributed by atoms with E-state index in [1.54, 1.807) is 4.90 Å². The van der Waals surface area contributed by atoms with Crippen LogP contribution in [0.4, 0.5) is 23.5 Å². The first-order chi connectivity index (χ1) is 11.4. The fraction of sp³-hybridized carbons (Fsp3) is 0.357. The Labute approximate surface area is 138 Å². The van der Waals surface area contributed by atoms with Crippen molar-refractivity contribution in [3.8, 4) is 0 Å². The molecule has 1 fully saturated rings. The van der Waals surface area contributed by atoms with Gasteiger partial charge in [-0.25, -0.2) is 27.2 Å². The van der Waals surface area contributed by atoms with Crippen molar-refractivity contribution in [1.82, 2.24) is 14.8 Å². The van der Waals surface area contributed by atoms with Gasteiger partial charge in [-0.15, -0.1) is 5.10 Å². The summed E-state index contributed by atoms with van der Waals surface area (Å²) in [5.41, 5.74) is -0.956. The molecule has 0 unspecified atom stereocenters.